The van der Waals surface area contributed by atoms with Crippen LogP contribution < -0.4 is 5.32 Å². The second-order valence-electron chi connectivity index (χ2n) is 3.14. The van der Waals surface area contributed by atoms with Crippen molar-refractivity contribution in [1.29, 1.82) is 0 Å². The van der Waals surface area contributed by atoms with Gasteiger partial charge in [0.05, 0.1) is 16.8 Å². The number of rotatable bonds is 3. The highest BCUT2D eigenvalue weighted by Crippen LogP contribution is 2.26. The van der Waals surface area contributed by atoms with E-state index in [0.29, 0.717) is 6.54 Å². The summed E-state index contributed by atoms with van der Waals surface area (Å²) in [6.07, 6.45) is 0. The Bertz CT molecular complexity index is 439. The Morgan fingerprint density at radius 1 is 1.50 bits per heavy atom. The maximum absolute atomic E-state index is 8.66. The van der Waals surface area contributed by atoms with Gasteiger partial charge in [0.1, 0.15) is 0 Å². The standard InChI is InChI=1S/C10H12N2OS/c1-7-2-3-8-9(6-7)14-10(12-8)11-4-5-13/h2-3,6,13H,4-5H2,1H3,(H,11,12). The van der Waals surface area contributed by atoms with Gasteiger partial charge in [0, 0.05) is 6.54 Å². The Morgan fingerprint density at radius 3 is 3.14 bits per heavy atom. The van der Waals surface area contributed by atoms with Crippen molar-refractivity contribution in [3.63, 3.8) is 0 Å². The van der Waals surface area contributed by atoms with E-state index in [2.05, 4.69) is 29.4 Å². The lowest BCUT2D eigenvalue weighted by molar-refractivity contribution is 0.311. The second kappa shape index (κ2) is 3.94. The molecule has 74 valence electrons. The summed E-state index contributed by atoms with van der Waals surface area (Å²) in [7, 11) is 0. The SMILES string of the molecule is Cc1ccc2nc(NCCO)sc2c1. The Morgan fingerprint density at radius 2 is 2.36 bits per heavy atom. The minimum absolute atomic E-state index is 0.134. The molecular formula is C10H12N2OS. The van der Waals surface area contributed by atoms with Crippen LogP contribution >= 0.6 is 11.3 Å². The molecule has 1 aromatic heterocycles. The third-order valence-corrected chi connectivity index (χ3v) is 2.91. The monoisotopic (exact) mass is 208 g/mol. The highest BCUT2D eigenvalue weighted by Gasteiger charge is 2.02. The number of fused-ring (bicyclic) bond motifs is 1. The first kappa shape index (κ1) is 9.43. The molecule has 2 N–H and O–H groups in total. The Labute approximate surface area is 86.4 Å². The highest BCUT2D eigenvalue weighted by atomic mass is 32.1. The Balaban J connectivity index is 2.32. The predicted octanol–water partition coefficient (Wildman–Crippen LogP) is 2.01. The molecule has 2 rings (SSSR count). The smallest absolute Gasteiger partial charge is 0.183 e. The van der Waals surface area contributed by atoms with Gasteiger partial charge in [-0.15, -0.1) is 0 Å². The summed E-state index contributed by atoms with van der Waals surface area (Å²) in [5, 5.41) is 12.6. The van der Waals surface area contributed by atoms with Gasteiger partial charge in [-0.1, -0.05) is 17.4 Å². The van der Waals surface area contributed by atoms with Crippen molar-refractivity contribution < 1.29 is 5.11 Å². The molecule has 1 heterocycles. The molecule has 4 heteroatoms. The van der Waals surface area contributed by atoms with Crippen molar-refractivity contribution >= 4 is 26.7 Å². The van der Waals surface area contributed by atoms with Gasteiger partial charge in [-0.3, -0.25) is 0 Å². The number of thiazole rings is 1. The largest absolute Gasteiger partial charge is 0.395 e. The van der Waals surface area contributed by atoms with Crippen LogP contribution in [0.2, 0.25) is 0 Å². The first-order chi connectivity index (χ1) is 6.79. The van der Waals surface area contributed by atoms with Gasteiger partial charge in [-0.25, -0.2) is 4.98 Å². The fraction of sp³-hybridized carbons (Fsp3) is 0.300. The van der Waals surface area contributed by atoms with Crippen LogP contribution in [-0.4, -0.2) is 23.2 Å². The number of aromatic nitrogens is 1. The number of hydrogen-bond donors (Lipinski definition) is 2. The zero-order chi connectivity index (χ0) is 9.97. The van der Waals surface area contributed by atoms with Crippen LogP contribution in [-0.2, 0) is 0 Å². The molecule has 0 saturated carbocycles. The van der Waals surface area contributed by atoms with E-state index in [-0.39, 0.29) is 6.61 Å². The van der Waals surface area contributed by atoms with Crippen molar-refractivity contribution in [3.05, 3.63) is 23.8 Å². The molecule has 14 heavy (non-hydrogen) atoms. The van der Waals surface area contributed by atoms with E-state index in [4.69, 9.17) is 5.11 Å². The molecule has 1 aromatic carbocycles. The molecule has 0 saturated heterocycles. The highest BCUT2D eigenvalue weighted by molar-refractivity contribution is 7.22. The van der Waals surface area contributed by atoms with E-state index >= 15 is 0 Å². The van der Waals surface area contributed by atoms with Gasteiger partial charge in [-0.05, 0) is 24.6 Å². The number of benzene rings is 1. The quantitative estimate of drug-likeness (QED) is 0.811. The lowest BCUT2D eigenvalue weighted by Crippen LogP contribution is -2.04. The first-order valence-electron chi connectivity index (χ1n) is 4.51. The number of anilines is 1. The lowest BCUT2D eigenvalue weighted by atomic mass is 10.2. The zero-order valence-corrected chi connectivity index (χ0v) is 8.77. The number of hydrogen-bond acceptors (Lipinski definition) is 4. The molecule has 0 bridgehead atoms. The maximum atomic E-state index is 8.66. The molecule has 0 spiro atoms. The fourth-order valence-corrected chi connectivity index (χ4v) is 2.26. The molecule has 0 fully saturated rings. The average molecular weight is 208 g/mol. The molecule has 0 aliphatic heterocycles. The van der Waals surface area contributed by atoms with Gasteiger partial charge in [-0.2, -0.15) is 0 Å². The van der Waals surface area contributed by atoms with Crippen molar-refractivity contribution in [3.8, 4) is 0 Å². The van der Waals surface area contributed by atoms with Gasteiger partial charge in [0.2, 0.25) is 0 Å². The molecule has 0 radical (unpaired) electrons. The van der Waals surface area contributed by atoms with Crippen LogP contribution in [0.1, 0.15) is 5.56 Å². The van der Waals surface area contributed by atoms with Gasteiger partial charge in [0.25, 0.3) is 0 Å². The molecular weight excluding hydrogens is 196 g/mol. The van der Waals surface area contributed by atoms with E-state index in [1.54, 1.807) is 11.3 Å². The van der Waals surface area contributed by atoms with Crippen LogP contribution in [0.5, 0.6) is 0 Å². The van der Waals surface area contributed by atoms with Crippen LogP contribution in [0.25, 0.3) is 10.2 Å². The molecule has 0 unspecified atom stereocenters. The summed E-state index contributed by atoms with van der Waals surface area (Å²) in [5.41, 5.74) is 2.26. The number of nitrogens with one attached hydrogen (secondary N) is 1. The van der Waals surface area contributed by atoms with Crippen molar-refractivity contribution in [2.75, 3.05) is 18.5 Å². The summed E-state index contributed by atoms with van der Waals surface area (Å²) in [5.74, 6) is 0. The zero-order valence-electron chi connectivity index (χ0n) is 7.95. The van der Waals surface area contributed by atoms with Gasteiger partial charge >= 0.3 is 0 Å². The molecule has 0 aliphatic rings. The van der Waals surface area contributed by atoms with Crippen LogP contribution in [0.3, 0.4) is 0 Å². The maximum Gasteiger partial charge on any atom is 0.183 e. The Hall–Kier alpha value is -1.13. The number of aliphatic hydroxyl groups is 1. The average Bonchev–Trinajstić information content (AvgIpc) is 2.56. The predicted molar refractivity (Wildman–Crippen MR) is 59.9 cm³/mol. The summed E-state index contributed by atoms with van der Waals surface area (Å²) in [6, 6.07) is 6.19. The normalized spacial score (nSPS) is 10.7. The van der Waals surface area contributed by atoms with E-state index in [1.165, 1.54) is 10.3 Å². The number of aryl methyl sites for hydroxylation is 1. The molecule has 0 atom stereocenters. The van der Waals surface area contributed by atoms with Crippen LogP contribution in [0.15, 0.2) is 18.2 Å². The summed E-state index contributed by atoms with van der Waals surface area (Å²) in [6.45, 7) is 2.76. The summed E-state index contributed by atoms with van der Waals surface area (Å²) in [4.78, 5) is 4.39. The second-order valence-corrected chi connectivity index (χ2v) is 4.17. The molecule has 2 aromatic rings. The number of aliphatic hydroxyl groups excluding tert-OH is 1. The first-order valence-corrected chi connectivity index (χ1v) is 5.33. The third kappa shape index (κ3) is 1.86. The van der Waals surface area contributed by atoms with E-state index in [0.717, 1.165) is 10.6 Å². The van der Waals surface area contributed by atoms with E-state index in [1.807, 2.05) is 6.07 Å². The van der Waals surface area contributed by atoms with Crippen molar-refractivity contribution in [2.45, 2.75) is 6.92 Å². The number of nitrogens with zero attached hydrogens (tertiary/aromatic N) is 1. The Kier molecular flexibility index (Phi) is 2.65. The third-order valence-electron chi connectivity index (χ3n) is 1.93. The van der Waals surface area contributed by atoms with E-state index < -0.39 is 0 Å². The van der Waals surface area contributed by atoms with E-state index in [9.17, 15) is 0 Å². The lowest BCUT2D eigenvalue weighted by Gasteiger charge is -1.95. The minimum atomic E-state index is 0.134. The van der Waals surface area contributed by atoms with Crippen LogP contribution in [0, 0.1) is 6.92 Å². The van der Waals surface area contributed by atoms with Crippen molar-refractivity contribution in [1.82, 2.24) is 4.98 Å². The molecule has 3 nitrogen and oxygen atoms in total. The summed E-state index contributed by atoms with van der Waals surface area (Å²) >= 11 is 1.62. The minimum Gasteiger partial charge on any atom is -0.395 e. The van der Waals surface area contributed by atoms with Gasteiger partial charge < -0.3 is 10.4 Å². The van der Waals surface area contributed by atoms with Crippen LogP contribution in [0.4, 0.5) is 5.13 Å². The van der Waals surface area contributed by atoms with Crippen molar-refractivity contribution in [2.24, 2.45) is 0 Å². The molecule has 0 amide bonds. The van der Waals surface area contributed by atoms with Gasteiger partial charge in [0.15, 0.2) is 5.13 Å². The fourth-order valence-electron chi connectivity index (χ4n) is 1.27. The topological polar surface area (TPSA) is 45.2 Å². The molecule has 0 aliphatic carbocycles. The summed E-state index contributed by atoms with van der Waals surface area (Å²) < 4.78 is 1.19.